The molecule has 1 atom stereocenters. The lowest BCUT2D eigenvalue weighted by Crippen LogP contribution is -2.47. The van der Waals surface area contributed by atoms with Crippen molar-refractivity contribution in [3.05, 3.63) is 65.7 Å². The summed E-state index contributed by atoms with van der Waals surface area (Å²) in [4.78, 5) is 17.5. The van der Waals surface area contributed by atoms with E-state index >= 15 is 0 Å². The Morgan fingerprint density at radius 1 is 1.06 bits per heavy atom. The van der Waals surface area contributed by atoms with Crippen molar-refractivity contribution >= 4 is 12.0 Å². The molecule has 1 fully saturated rings. The molecule has 0 radical (unpaired) electrons. The van der Waals surface area contributed by atoms with Crippen LogP contribution in [0.5, 0.6) is 11.5 Å². The summed E-state index contributed by atoms with van der Waals surface area (Å²) in [5, 5.41) is 3.19. The van der Waals surface area contributed by atoms with Crippen LogP contribution in [0, 0.1) is 0 Å². The molecular formula is C26H35N3O3. The number of rotatable bonds is 9. The first kappa shape index (κ1) is 23.8. The van der Waals surface area contributed by atoms with Gasteiger partial charge in [0, 0.05) is 38.8 Å². The second kappa shape index (κ2) is 11.7. The van der Waals surface area contributed by atoms with Gasteiger partial charge in [-0.1, -0.05) is 36.4 Å². The summed E-state index contributed by atoms with van der Waals surface area (Å²) in [5.41, 5.74) is 1.99. The number of methoxy groups -OCH3 is 1. The van der Waals surface area contributed by atoms with Crippen LogP contribution in [0.2, 0.25) is 0 Å². The maximum Gasteiger partial charge on any atom is 0.244 e. The van der Waals surface area contributed by atoms with E-state index < -0.39 is 0 Å². The van der Waals surface area contributed by atoms with Gasteiger partial charge in [0.05, 0.1) is 19.3 Å². The normalized spacial score (nSPS) is 16.3. The smallest absolute Gasteiger partial charge is 0.244 e. The number of benzene rings is 2. The van der Waals surface area contributed by atoms with E-state index in [9.17, 15) is 4.79 Å². The highest BCUT2D eigenvalue weighted by Crippen LogP contribution is 2.29. The second-order valence-corrected chi connectivity index (χ2v) is 8.49. The van der Waals surface area contributed by atoms with Crippen LogP contribution in [0.4, 0.5) is 0 Å². The van der Waals surface area contributed by atoms with Gasteiger partial charge < -0.3 is 19.7 Å². The van der Waals surface area contributed by atoms with Gasteiger partial charge in [0.2, 0.25) is 5.91 Å². The fourth-order valence-corrected chi connectivity index (χ4v) is 3.74. The highest BCUT2D eigenvalue weighted by molar-refractivity contribution is 5.92. The van der Waals surface area contributed by atoms with E-state index in [0.717, 1.165) is 43.9 Å². The van der Waals surface area contributed by atoms with Crippen LogP contribution in [-0.2, 0) is 4.79 Å². The number of likely N-dealkylation sites (N-methyl/N-ethyl adjacent to an activating group) is 1. The maximum atomic E-state index is 12.8. The Morgan fingerprint density at radius 2 is 1.78 bits per heavy atom. The number of nitrogens with one attached hydrogen (secondary N) is 1. The topological polar surface area (TPSA) is 54.0 Å². The third kappa shape index (κ3) is 7.11. The fourth-order valence-electron chi connectivity index (χ4n) is 3.74. The van der Waals surface area contributed by atoms with Crippen LogP contribution in [-0.4, -0.2) is 68.7 Å². The highest BCUT2D eigenvalue weighted by Gasteiger charge is 2.20. The van der Waals surface area contributed by atoms with E-state index in [0.29, 0.717) is 11.5 Å². The zero-order chi connectivity index (χ0) is 22.9. The zero-order valence-corrected chi connectivity index (χ0v) is 19.6. The molecule has 6 heteroatoms. The van der Waals surface area contributed by atoms with Crippen LogP contribution < -0.4 is 14.8 Å². The highest BCUT2D eigenvalue weighted by atomic mass is 16.5. The van der Waals surface area contributed by atoms with Crippen molar-refractivity contribution in [1.29, 1.82) is 0 Å². The van der Waals surface area contributed by atoms with E-state index in [-0.39, 0.29) is 18.1 Å². The summed E-state index contributed by atoms with van der Waals surface area (Å²) in [6.45, 7) is 8.87. The molecule has 1 N–H and O–H groups in total. The van der Waals surface area contributed by atoms with Crippen molar-refractivity contribution in [3.8, 4) is 11.5 Å². The number of nitrogens with zero attached hydrogens (tertiary/aromatic N) is 2. The van der Waals surface area contributed by atoms with Gasteiger partial charge in [-0.05, 0) is 50.2 Å². The van der Waals surface area contributed by atoms with E-state index in [1.54, 1.807) is 19.3 Å². The Bertz CT molecular complexity index is 890. The number of hydrogen-bond donors (Lipinski definition) is 1. The zero-order valence-electron chi connectivity index (χ0n) is 19.6. The van der Waals surface area contributed by atoms with Crippen LogP contribution >= 0.6 is 0 Å². The molecule has 1 saturated heterocycles. The van der Waals surface area contributed by atoms with Gasteiger partial charge in [0.15, 0.2) is 11.5 Å². The van der Waals surface area contributed by atoms with Gasteiger partial charge in [0.1, 0.15) is 0 Å². The molecule has 2 aromatic carbocycles. The first-order valence-electron chi connectivity index (χ1n) is 11.2. The number of carbonyl (C=O) groups is 1. The van der Waals surface area contributed by atoms with Gasteiger partial charge in [-0.3, -0.25) is 9.69 Å². The summed E-state index contributed by atoms with van der Waals surface area (Å²) in [6, 6.07) is 15.8. The lowest BCUT2D eigenvalue weighted by molar-refractivity contribution is -0.117. The molecule has 172 valence electrons. The molecule has 1 amide bonds. The molecule has 1 aliphatic rings. The number of amides is 1. The van der Waals surface area contributed by atoms with Crippen molar-refractivity contribution in [1.82, 2.24) is 15.1 Å². The summed E-state index contributed by atoms with van der Waals surface area (Å²) in [6.07, 6.45) is 3.44. The van der Waals surface area contributed by atoms with Gasteiger partial charge >= 0.3 is 0 Å². The molecule has 0 bridgehead atoms. The van der Waals surface area contributed by atoms with Crippen molar-refractivity contribution in [2.24, 2.45) is 0 Å². The lowest BCUT2D eigenvalue weighted by atomic mass is 10.1. The first-order valence-corrected chi connectivity index (χ1v) is 11.2. The molecule has 0 aromatic heterocycles. The predicted octanol–water partition coefficient (Wildman–Crippen LogP) is 3.60. The van der Waals surface area contributed by atoms with E-state index in [1.807, 2.05) is 50.2 Å². The number of ether oxygens (including phenoxy) is 2. The molecule has 1 unspecified atom stereocenters. The Balaban J connectivity index is 1.67. The Morgan fingerprint density at radius 3 is 2.44 bits per heavy atom. The van der Waals surface area contributed by atoms with Crippen LogP contribution in [0.15, 0.2) is 54.6 Å². The van der Waals surface area contributed by atoms with Crippen molar-refractivity contribution in [3.63, 3.8) is 0 Å². The first-order chi connectivity index (χ1) is 15.4. The third-order valence-electron chi connectivity index (χ3n) is 5.53. The Kier molecular flexibility index (Phi) is 8.71. The third-order valence-corrected chi connectivity index (χ3v) is 5.53. The van der Waals surface area contributed by atoms with Crippen LogP contribution in [0.25, 0.3) is 6.08 Å². The minimum absolute atomic E-state index is 0.0614. The summed E-state index contributed by atoms with van der Waals surface area (Å²) < 4.78 is 11.2. The molecule has 1 heterocycles. The summed E-state index contributed by atoms with van der Waals surface area (Å²) in [5.74, 6) is 1.23. The van der Waals surface area contributed by atoms with Crippen molar-refractivity contribution in [2.45, 2.75) is 26.0 Å². The Hall–Kier alpha value is -2.83. The standard InChI is InChI=1S/C26H35N3O3/c1-20(2)32-24-12-10-21(18-25(24)31-4)11-13-26(30)27-23(22-8-6-5-7-9-22)19-29-16-14-28(3)15-17-29/h5-13,18,20,23H,14-17,19H2,1-4H3,(H,27,30)/b13-11+. The van der Waals surface area contributed by atoms with Crippen LogP contribution in [0.3, 0.4) is 0 Å². The average molecular weight is 438 g/mol. The van der Waals surface area contributed by atoms with Gasteiger partial charge in [-0.25, -0.2) is 0 Å². The minimum atomic E-state index is -0.116. The molecule has 2 aromatic rings. The molecule has 0 spiro atoms. The SMILES string of the molecule is COc1cc(/C=C/C(=O)NC(CN2CCN(C)CC2)c2ccccc2)ccc1OC(C)C. The molecule has 1 aliphatic heterocycles. The predicted molar refractivity (Wildman–Crippen MR) is 129 cm³/mol. The molecular weight excluding hydrogens is 402 g/mol. The van der Waals surface area contributed by atoms with Gasteiger partial charge in [-0.2, -0.15) is 0 Å². The lowest BCUT2D eigenvalue weighted by Gasteiger charge is -2.34. The van der Waals surface area contributed by atoms with E-state index in [2.05, 4.69) is 34.3 Å². The molecule has 0 aliphatic carbocycles. The van der Waals surface area contributed by atoms with Gasteiger partial charge in [0.25, 0.3) is 0 Å². The van der Waals surface area contributed by atoms with Crippen molar-refractivity contribution in [2.75, 3.05) is 46.9 Å². The molecule has 3 rings (SSSR count). The van der Waals surface area contributed by atoms with Crippen LogP contribution in [0.1, 0.15) is 31.0 Å². The quantitative estimate of drug-likeness (QED) is 0.608. The number of carbonyl (C=O) groups excluding carboxylic acids is 1. The number of hydrogen-bond acceptors (Lipinski definition) is 5. The minimum Gasteiger partial charge on any atom is -0.493 e. The van der Waals surface area contributed by atoms with E-state index in [1.165, 1.54) is 0 Å². The molecule has 6 nitrogen and oxygen atoms in total. The molecule has 0 saturated carbocycles. The molecule has 32 heavy (non-hydrogen) atoms. The Labute approximate surface area is 191 Å². The average Bonchev–Trinajstić information content (AvgIpc) is 2.79. The number of piperazine rings is 1. The monoisotopic (exact) mass is 437 g/mol. The fraction of sp³-hybridized carbons (Fsp3) is 0.423. The van der Waals surface area contributed by atoms with E-state index in [4.69, 9.17) is 9.47 Å². The summed E-state index contributed by atoms with van der Waals surface area (Å²) in [7, 11) is 3.76. The summed E-state index contributed by atoms with van der Waals surface area (Å²) >= 11 is 0. The maximum absolute atomic E-state index is 12.8. The second-order valence-electron chi connectivity index (χ2n) is 8.49. The van der Waals surface area contributed by atoms with Gasteiger partial charge in [-0.15, -0.1) is 0 Å². The largest absolute Gasteiger partial charge is 0.493 e. The van der Waals surface area contributed by atoms with Crippen molar-refractivity contribution < 1.29 is 14.3 Å².